The summed E-state index contributed by atoms with van der Waals surface area (Å²) in [4.78, 5) is 35.9. The Balaban J connectivity index is 1.67. The van der Waals surface area contributed by atoms with E-state index in [1.54, 1.807) is 14.1 Å². The number of nitrogens with zero attached hydrogens (tertiary/aromatic N) is 3. The Hall–Kier alpha value is -3.47. The van der Waals surface area contributed by atoms with Crippen molar-refractivity contribution in [2.24, 2.45) is 11.7 Å². The van der Waals surface area contributed by atoms with Gasteiger partial charge >= 0.3 is 0 Å². The standard InChI is InChI=1S/C31H51N7O4/c1-23(2)19-28(33-3)31(41)35-27(30(32)40)20-24-14-16-26(17-15-24)42-22-25-21-38(37-36-25)18-12-10-8-6-5-7-9-11-13-29(39)34-4/h14-17,21,23,27-28,33H,5-13,18-20,22H2,1-4H3,(H2,32,40)(H,34,39)(H,35,41)/t27-,28-/m0/s1. The minimum Gasteiger partial charge on any atom is -0.487 e. The molecule has 2 rings (SSSR count). The Morgan fingerprint density at radius 2 is 1.57 bits per heavy atom. The van der Waals surface area contributed by atoms with Gasteiger partial charge in [0.2, 0.25) is 17.7 Å². The smallest absolute Gasteiger partial charge is 0.240 e. The first kappa shape index (κ1) is 34.7. The molecule has 0 radical (unpaired) electrons. The second-order valence-electron chi connectivity index (χ2n) is 11.3. The molecule has 1 aromatic heterocycles. The molecule has 234 valence electrons. The number of amides is 3. The number of primary amides is 1. The molecule has 11 heteroatoms. The maximum Gasteiger partial charge on any atom is 0.240 e. The van der Waals surface area contributed by atoms with Crippen molar-refractivity contribution in [3.63, 3.8) is 0 Å². The number of ether oxygens (including phenoxy) is 1. The van der Waals surface area contributed by atoms with E-state index in [4.69, 9.17) is 10.5 Å². The number of carbonyl (C=O) groups is 3. The molecule has 0 saturated carbocycles. The lowest BCUT2D eigenvalue weighted by Crippen LogP contribution is -2.52. The average Bonchev–Trinajstić information content (AvgIpc) is 3.43. The Morgan fingerprint density at radius 3 is 2.17 bits per heavy atom. The number of rotatable bonds is 22. The highest BCUT2D eigenvalue weighted by atomic mass is 16.5. The monoisotopic (exact) mass is 585 g/mol. The van der Waals surface area contributed by atoms with Gasteiger partial charge in [0.15, 0.2) is 0 Å². The molecule has 0 fully saturated rings. The van der Waals surface area contributed by atoms with Crippen molar-refractivity contribution in [3.05, 3.63) is 41.7 Å². The summed E-state index contributed by atoms with van der Waals surface area (Å²) in [5.41, 5.74) is 7.20. The van der Waals surface area contributed by atoms with Crippen LogP contribution in [0.15, 0.2) is 30.5 Å². The summed E-state index contributed by atoms with van der Waals surface area (Å²) in [5, 5.41) is 16.9. The van der Waals surface area contributed by atoms with E-state index in [9.17, 15) is 14.4 Å². The van der Waals surface area contributed by atoms with Gasteiger partial charge < -0.3 is 26.4 Å². The summed E-state index contributed by atoms with van der Waals surface area (Å²) < 4.78 is 7.73. The van der Waals surface area contributed by atoms with E-state index in [0.29, 0.717) is 37.5 Å². The SMILES string of the molecule is CNC(=O)CCCCCCCCCCn1cc(COc2ccc(C[C@H](NC(=O)[C@H](CC(C)C)NC)C(N)=O)cc2)nn1. The summed E-state index contributed by atoms with van der Waals surface area (Å²) in [5.74, 6) is 0.335. The molecule has 0 aliphatic heterocycles. The molecule has 0 bridgehead atoms. The van der Waals surface area contributed by atoms with Crippen molar-refractivity contribution >= 4 is 17.7 Å². The molecular weight excluding hydrogens is 534 g/mol. The quantitative estimate of drug-likeness (QED) is 0.155. The second-order valence-corrected chi connectivity index (χ2v) is 11.3. The molecule has 0 unspecified atom stereocenters. The van der Waals surface area contributed by atoms with Crippen LogP contribution in [0.4, 0.5) is 0 Å². The summed E-state index contributed by atoms with van der Waals surface area (Å²) in [6.45, 7) is 5.22. The number of nitrogens with two attached hydrogens (primary N) is 1. The van der Waals surface area contributed by atoms with Crippen LogP contribution in [0.1, 0.15) is 89.3 Å². The number of unbranched alkanes of at least 4 members (excludes halogenated alkanes) is 7. The van der Waals surface area contributed by atoms with E-state index in [-0.39, 0.29) is 17.9 Å². The van der Waals surface area contributed by atoms with Crippen LogP contribution < -0.4 is 26.4 Å². The Kier molecular flexibility index (Phi) is 16.2. The topological polar surface area (TPSA) is 153 Å². The van der Waals surface area contributed by atoms with Gasteiger partial charge in [-0.2, -0.15) is 0 Å². The van der Waals surface area contributed by atoms with Gasteiger partial charge in [0.05, 0.1) is 12.2 Å². The number of aromatic nitrogens is 3. The van der Waals surface area contributed by atoms with Crippen LogP contribution >= 0.6 is 0 Å². The van der Waals surface area contributed by atoms with Crippen molar-refractivity contribution in [1.29, 1.82) is 0 Å². The van der Waals surface area contributed by atoms with E-state index in [1.807, 2.05) is 49.0 Å². The fourth-order valence-electron chi connectivity index (χ4n) is 4.70. The predicted octanol–water partition coefficient (Wildman–Crippen LogP) is 3.26. The third kappa shape index (κ3) is 13.9. The van der Waals surface area contributed by atoms with E-state index >= 15 is 0 Å². The van der Waals surface area contributed by atoms with Crippen LogP contribution in [0.2, 0.25) is 0 Å². The molecule has 0 saturated heterocycles. The maximum atomic E-state index is 12.6. The largest absolute Gasteiger partial charge is 0.487 e. The normalized spacial score (nSPS) is 12.6. The molecule has 5 N–H and O–H groups in total. The Bertz CT molecular complexity index is 1070. The van der Waals surface area contributed by atoms with Crippen molar-refractivity contribution in [3.8, 4) is 5.75 Å². The molecule has 0 spiro atoms. The fraction of sp³-hybridized carbons (Fsp3) is 0.645. The Labute approximate surface area is 250 Å². The molecule has 1 heterocycles. The zero-order valence-corrected chi connectivity index (χ0v) is 25.9. The van der Waals surface area contributed by atoms with Crippen molar-refractivity contribution in [2.45, 2.75) is 110 Å². The summed E-state index contributed by atoms with van der Waals surface area (Å²) >= 11 is 0. The zero-order chi connectivity index (χ0) is 30.7. The van der Waals surface area contributed by atoms with E-state index in [0.717, 1.165) is 43.5 Å². The number of hydrogen-bond acceptors (Lipinski definition) is 7. The van der Waals surface area contributed by atoms with Crippen LogP contribution in [-0.4, -0.2) is 58.9 Å². The number of benzene rings is 1. The van der Waals surface area contributed by atoms with Gasteiger partial charge in [-0.25, -0.2) is 0 Å². The molecular formula is C31H51N7O4. The van der Waals surface area contributed by atoms with Crippen LogP contribution in [-0.2, 0) is 34.0 Å². The minimum atomic E-state index is -0.798. The van der Waals surface area contributed by atoms with Crippen LogP contribution in [0.5, 0.6) is 5.75 Å². The third-order valence-electron chi connectivity index (χ3n) is 7.19. The minimum absolute atomic E-state index is 0.128. The fourth-order valence-corrected chi connectivity index (χ4v) is 4.70. The van der Waals surface area contributed by atoms with Crippen molar-refractivity contribution < 1.29 is 19.1 Å². The zero-order valence-electron chi connectivity index (χ0n) is 25.9. The molecule has 3 amide bonds. The highest BCUT2D eigenvalue weighted by Crippen LogP contribution is 2.16. The summed E-state index contributed by atoms with van der Waals surface area (Å²) in [6, 6.07) is 6.21. The van der Waals surface area contributed by atoms with Gasteiger partial charge in [0.1, 0.15) is 24.1 Å². The summed E-state index contributed by atoms with van der Waals surface area (Å²) in [7, 11) is 3.42. The number of carbonyl (C=O) groups excluding carboxylic acids is 3. The molecule has 0 aliphatic carbocycles. The summed E-state index contributed by atoms with van der Waals surface area (Å²) in [6.07, 6.45) is 12.6. The number of hydrogen-bond donors (Lipinski definition) is 4. The van der Waals surface area contributed by atoms with E-state index in [2.05, 4.69) is 26.3 Å². The lowest BCUT2D eigenvalue weighted by molar-refractivity contribution is -0.128. The number of aryl methyl sites for hydroxylation is 1. The van der Waals surface area contributed by atoms with Crippen molar-refractivity contribution in [2.75, 3.05) is 14.1 Å². The first-order valence-corrected chi connectivity index (χ1v) is 15.3. The van der Waals surface area contributed by atoms with Gasteiger partial charge in [0, 0.05) is 26.4 Å². The van der Waals surface area contributed by atoms with Gasteiger partial charge in [-0.3, -0.25) is 19.1 Å². The van der Waals surface area contributed by atoms with Crippen molar-refractivity contribution in [1.82, 2.24) is 30.9 Å². The van der Waals surface area contributed by atoms with Crippen LogP contribution in [0, 0.1) is 5.92 Å². The van der Waals surface area contributed by atoms with E-state index in [1.165, 1.54) is 25.7 Å². The van der Waals surface area contributed by atoms with Gasteiger partial charge in [-0.15, -0.1) is 5.10 Å². The van der Waals surface area contributed by atoms with Gasteiger partial charge in [0.25, 0.3) is 0 Å². The Morgan fingerprint density at radius 1 is 0.929 bits per heavy atom. The molecule has 2 atom stereocenters. The lowest BCUT2D eigenvalue weighted by Gasteiger charge is -2.22. The highest BCUT2D eigenvalue weighted by molar-refractivity contribution is 5.89. The predicted molar refractivity (Wildman–Crippen MR) is 164 cm³/mol. The lowest BCUT2D eigenvalue weighted by atomic mass is 10.0. The van der Waals surface area contributed by atoms with Crippen LogP contribution in [0.25, 0.3) is 0 Å². The first-order chi connectivity index (χ1) is 20.2. The number of likely N-dealkylation sites (N-methyl/N-ethyl adjacent to an activating group) is 1. The second kappa shape index (κ2) is 19.6. The van der Waals surface area contributed by atoms with E-state index < -0.39 is 11.9 Å². The first-order valence-electron chi connectivity index (χ1n) is 15.3. The van der Waals surface area contributed by atoms with Crippen LogP contribution in [0.3, 0.4) is 0 Å². The van der Waals surface area contributed by atoms with Gasteiger partial charge in [-0.05, 0) is 49.9 Å². The third-order valence-corrected chi connectivity index (χ3v) is 7.19. The van der Waals surface area contributed by atoms with Gasteiger partial charge in [-0.1, -0.05) is 69.7 Å². The molecule has 2 aromatic rings. The number of nitrogens with one attached hydrogen (secondary N) is 3. The maximum absolute atomic E-state index is 12.6. The highest BCUT2D eigenvalue weighted by Gasteiger charge is 2.24. The average molecular weight is 586 g/mol. The molecule has 42 heavy (non-hydrogen) atoms. The molecule has 0 aliphatic rings. The molecule has 11 nitrogen and oxygen atoms in total. The molecule has 1 aromatic carbocycles.